The molecule has 0 aliphatic heterocycles. The maximum absolute atomic E-state index is 11.0. The van der Waals surface area contributed by atoms with E-state index in [4.69, 9.17) is 5.11 Å². The van der Waals surface area contributed by atoms with Crippen LogP contribution in [0.3, 0.4) is 0 Å². The minimum absolute atomic E-state index is 0.00674. The van der Waals surface area contributed by atoms with Crippen molar-refractivity contribution in [3.05, 3.63) is 0 Å². The second-order valence-corrected chi connectivity index (χ2v) is 3.69. The van der Waals surface area contributed by atoms with E-state index in [1.54, 1.807) is 7.05 Å². The van der Waals surface area contributed by atoms with E-state index in [0.717, 1.165) is 0 Å². The van der Waals surface area contributed by atoms with Crippen LogP contribution in [0, 0.1) is 0 Å². The van der Waals surface area contributed by atoms with E-state index < -0.39 is 5.97 Å². The summed E-state index contributed by atoms with van der Waals surface area (Å²) in [4.78, 5) is 23.3. The summed E-state index contributed by atoms with van der Waals surface area (Å²) in [5, 5.41) is 11.1. The molecule has 0 fully saturated rings. The van der Waals surface area contributed by atoms with Crippen molar-refractivity contribution in [2.45, 2.75) is 32.2 Å². The van der Waals surface area contributed by atoms with E-state index in [9.17, 15) is 9.59 Å². The number of amides is 1. The molecule has 0 aliphatic rings. The van der Waals surface area contributed by atoms with Gasteiger partial charge in [-0.2, -0.15) is 0 Å². The molecule has 0 aromatic carbocycles. The molecule has 0 radical (unpaired) electrons. The molecule has 1 atom stereocenters. The molecule has 1 amide bonds. The number of rotatable bonds is 7. The summed E-state index contributed by atoms with van der Waals surface area (Å²) in [5.74, 6) is -0.770. The van der Waals surface area contributed by atoms with Gasteiger partial charge in [0.15, 0.2) is 0 Å². The summed E-state index contributed by atoms with van der Waals surface area (Å²) in [5.41, 5.74) is 0. The first-order valence-corrected chi connectivity index (χ1v) is 5.10. The van der Waals surface area contributed by atoms with E-state index in [-0.39, 0.29) is 18.4 Å². The molecule has 15 heavy (non-hydrogen) atoms. The van der Waals surface area contributed by atoms with Gasteiger partial charge < -0.3 is 15.3 Å². The predicted octanol–water partition coefficient (Wildman–Crippen LogP) is 0.308. The maximum Gasteiger partial charge on any atom is 0.303 e. The van der Waals surface area contributed by atoms with E-state index in [1.165, 1.54) is 0 Å². The number of carbonyl (C=O) groups excluding carboxylic acids is 1. The van der Waals surface area contributed by atoms with Crippen LogP contribution < -0.4 is 5.32 Å². The van der Waals surface area contributed by atoms with Gasteiger partial charge >= 0.3 is 5.97 Å². The molecule has 0 heterocycles. The molecular weight excluding hydrogens is 196 g/mol. The number of aliphatic carboxylic acids is 1. The molecule has 0 saturated heterocycles. The maximum atomic E-state index is 11.0. The third-order valence-electron chi connectivity index (χ3n) is 2.50. The van der Waals surface area contributed by atoms with Gasteiger partial charge in [-0.1, -0.05) is 0 Å². The lowest BCUT2D eigenvalue weighted by Crippen LogP contribution is -2.33. The van der Waals surface area contributed by atoms with Gasteiger partial charge in [-0.05, 0) is 20.4 Å². The van der Waals surface area contributed by atoms with Gasteiger partial charge in [-0.15, -0.1) is 0 Å². The first kappa shape index (κ1) is 13.9. The third kappa shape index (κ3) is 6.90. The first-order valence-electron chi connectivity index (χ1n) is 5.10. The topological polar surface area (TPSA) is 69.6 Å². The molecule has 5 nitrogen and oxygen atoms in total. The quantitative estimate of drug-likeness (QED) is 0.642. The van der Waals surface area contributed by atoms with Gasteiger partial charge in [0.25, 0.3) is 0 Å². The van der Waals surface area contributed by atoms with Crippen molar-refractivity contribution in [1.29, 1.82) is 0 Å². The Balaban J connectivity index is 3.73. The zero-order chi connectivity index (χ0) is 11.8. The van der Waals surface area contributed by atoms with Crippen LogP contribution >= 0.6 is 0 Å². The monoisotopic (exact) mass is 216 g/mol. The van der Waals surface area contributed by atoms with E-state index in [1.807, 2.05) is 18.9 Å². The van der Waals surface area contributed by atoms with Crippen molar-refractivity contribution in [2.75, 3.05) is 20.6 Å². The zero-order valence-corrected chi connectivity index (χ0v) is 9.62. The van der Waals surface area contributed by atoms with Crippen LogP contribution in [-0.2, 0) is 9.59 Å². The molecule has 0 aromatic rings. The Bertz CT molecular complexity index is 219. The number of hydrogen-bond donors (Lipinski definition) is 2. The van der Waals surface area contributed by atoms with Crippen LogP contribution in [0.15, 0.2) is 0 Å². The largest absolute Gasteiger partial charge is 0.481 e. The van der Waals surface area contributed by atoms with Gasteiger partial charge in [0.2, 0.25) is 5.91 Å². The molecule has 0 aliphatic carbocycles. The summed E-state index contributed by atoms with van der Waals surface area (Å²) in [7, 11) is 3.51. The summed E-state index contributed by atoms with van der Waals surface area (Å²) >= 11 is 0. The molecule has 2 N–H and O–H groups in total. The van der Waals surface area contributed by atoms with Crippen LogP contribution in [0.1, 0.15) is 26.2 Å². The second-order valence-electron chi connectivity index (χ2n) is 3.69. The summed E-state index contributed by atoms with van der Waals surface area (Å²) in [6, 6.07) is 0.186. The van der Waals surface area contributed by atoms with Crippen molar-refractivity contribution in [3.63, 3.8) is 0 Å². The predicted molar refractivity (Wildman–Crippen MR) is 57.6 cm³/mol. The van der Waals surface area contributed by atoms with Crippen LogP contribution in [-0.4, -0.2) is 48.6 Å². The molecule has 0 spiro atoms. The highest BCUT2D eigenvalue weighted by molar-refractivity contribution is 5.75. The van der Waals surface area contributed by atoms with Crippen LogP contribution in [0.25, 0.3) is 0 Å². The lowest BCUT2D eigenvalue weighted by atomic mass is 10.1. The van der Waals surface area contributed by atoms with Crippen LogP contribution in [0.5, 0.6) is 0 Å². The number of carboxylic acids is 1. The Morgan fingerprint density at radius 2 is 2.00 bits per heavy atom. The number of carboxylic acid groups (broad SMARTS) is 1. The Morgan fingerprint density at radius 3 is 2.47 bits per heavy atom. The smallest absolute Gasteiger partial charge is 0.303 e. The van der Waals surface area contributed by atoms with Crippen molar-refractivity contribution in [3.8, 4) is 0 Å². The Morgan fingerprint density at radius 1 is 1.40 bits per heavy atom. The van der Waals surface area contributed by atoms with Gasteiger partial charge in [-0.25, -0.2) is 0 Å². The molecular formula is C10H20N2O3. The molecule has 1 unspecified atom stereocenters. The van der Waals surface area contributed by atoms with Crippen molar-refractivity contribution in [2.24, 2.45) is 0 Å². The van der Waals surface area contributed by atoms with E-state index in [0.29, 0.717) is 19.4 Å². The van der Waals surface area contributed by atoms with Gasteiger partial charge in [0, 0.05) is 32.5 Å². The second kappa shape index (κ2) is 7.23. The minimum Gasteiger partial charge on any atom is -0.481 e. The summed E-state index contributed by atoms with van der Waals surface area (Å²) in [6.07, 6.45) is 1.23. The Labute approximate surface area is 90.5 Å². The third-order valence-corrected chi connectivity index (χ3v) is 2.50. The lowest BCUT2D eigenvalue weighted by molar-refractivity contribution is -0.137. The minimum atomic E-state index is -0.776. The molecule has 5 heteroatoms. The fourth-order valence-corrected chi connectivity index (χ4v) is 1.18. The standard InChI is InChI=1S/C10H20N2O3/c1-8(4-5-10(14)15)12(3)7-6-9(13)11-2/h8H,4-7H2,1-3H3,(H,11,13)(H,14,15). The summed E-state index contributed by atoms with van der Waals surface area (Å²) in [6.45, 7) is 2.62. The SMILES string of the molecule is CNC(=O)CCN(C)C(C)CCC(=O)O. The average Bonchev–Trinajstić information content (AvgIpc) is 2.21. The fraction of sp³-hybridized carbons (Fsp3) is 0.800. The Kier molecular flexibility index (Phi) is 6.70. The number of carbonyl (C=O) groups is 2. The van der Waals surface area contributed by atoms with E-state index >= 15 is 0 Å². The molecule has 0 saturated carbocycles. The number of nitrogens with one attached hydrogen (secondary N) is 1. The average molecular weight is 216 g/mol. The molecule has 88 valence electrons. The highest BCUT2D eigenvalue weighted by atomic mass is 16.4. The number of nitrogens with zero attached hydrogens (tertiary/aromatic N) is 1. The van der Waals surface area contributed by atoms with Crippen molar-refractivity contribution >= 4 is 11.9 Å². The van der Waals surface area contributed by atoms with Gasteiger partial charge in [-0.3, -0.25) is 9.59 Å². The van der Waals surface area contributed by atoms with Gasteiger partial charge in [0.1, 0.15) is 0 Å². The van der Waals surface area contributed by atoms with Crippen LogP contribution in [0.2, 0.25) is 0 Å². The van der Waals surface area contributed by atoms with E-state index in [2.05, 4.69) is 5.32 Å². The number of hydrogen-bond acceptors (Lipinski definition) is 3. The van der Waals surface area contributed by atoms with Crippen molar-refractivity contribution < 1.29 is 14.7 Å². The van der Waals surface area contributed by atoms with Gasteiger partial charge in [0.05, 0.1) is 0 Å². The lowest BCUT2D eigenvalue weighted by Gasteiger charge is -2.23. The Hall–Kier alpha value is -1.10. The molecule has 0 aromatic heterocycles. The highest BCUT2D eigenvalue weighted by Gasteiger charge is 2.11. The van der Waals surface area contributed by atoms with Crippen LogP contribution in [0.4, 0.5) is 0 Å². The normalized spacial score (nSPS) is 12.5. The fourth-order valence-electron chi connectivity index (χ4n) is 1.18. The highest BCUT2D eigenvalue weighted by Crippen LogP contribution is 2.04. The van der Waals surface area contributed by atoms with Crippen molar-refractivity contribution in [1.82, 2.24) is 10.2 Å². The zero-order valence-electron chi connectivity index (χ0n) is 9.62. The molecule has 0 bridgehead atoms. The summed E-state index contributed by atoms with van der Waals surface area (Å²) < 4.78 is 0. The first-order chi connectivity index (χ1) is 6.97. The molecule has 0 rings (SSSR count).